The Bertz CT molecular complexity index is 786. The quantitative estimate of drug-likeness (QED) is 0.209. The van der Waals surface area contributed by atoms with Gasteiger partial charge in [0.05, 0.1) is 6.61 Å². The van der Waals surface area contributed by atoms with Crippen molar-refractivity contribution in [3.8, 4) is 0 Å². The Hall–Kier alpha value is -2.44. The molecule has 0 bridgehead atoms. The van der Waals surface area contributed by atoms with Crippen LogP contribution < -0.4 is 16.0 Å². The molecule has 0 aromatic carbocycles. The van der Waals surface area contributed by atoms with Gasteiger partial charge in [-0.2, -0.15) is 0 Å². The van der Waals surface area contributed by atoms with Crippen molar-refractivity contribution in [3.05, 3.63) is 12.2 Å². The van der Waals surface area contributed by atoms with Crippen molar-refractivity contribution >= 4 is 40.6 Å². The van der Waals surface area contributed by atoms with Gasteiger partial charge in [-0.25, -0.2) is 4.79 Å². The third kappa shape index (κ3) is 11.6. The predicted octanol–water partition coefficient (Wildman–Crippen LogP) is 0.584. The van der Waals surface area contributed by atoms with E-state index in [1.54, 1.807) is 6.92 Å². The van der Waals surface area contributed by atoms with Gasteiger partial charge in [-0.1, -0.05) is 25.6 Å². The first-order valence-electron chi connectivity index (χ1n) is 11.0. The van der Waals surface area contributed by atoms with Crippen molar-refractivity contribution in [2.75, 3.05) is 32.0 Å². The zero-order chi connectivity index (χ0) is 25.8. The molecule has 1 fully saturated rings. The molecule has 1 aliphatic heterocycles. The maximum atomic E-state index is 12.8. The minimum atomic E-state index is -1.20. The highest BCUT2D eigenvalue weighted by molar-refractivity contribution is 8.14. The lowest BCUT2D eigenvalue weighted by Gasteiger charge is -2.46. The molecule has 4 N–H and O–H groups in total. The number of carbonyl (C=O) groups excluding carboxylic acids is 4. The van der Waals surface area contributed by atoms with E-state index in [1.807, 2.05) is 13.8 Å². The Kier molecular flexibility index (Phi) is 12.2. The van der Waals surface area contributed by atoms with Crippen LogP contribution in [0.25, 0.3) is 0 Å². The van der Waals surface area contributed by atoms with Crippen LogP contribution in [0, 0.1) is 5.41 Å². The number of amides is 3. The number of rotatable bonds is 13. The Labute approximate surface area is 203 Å². The van der Waals surface area contributed by atoms with E-state index in [0.29, 0.717) is 31.7 Å². The van der Waals surface area contributed by atoms with E-state index in [4.69, 9.17) is 14.6 Å². The first-order valence-corrected chi connectivity index (χ1v) is 12.0. The molecule has 192 valence electrons. The number of nitrogens with one attached hydrogen (secondary N) is 3. The lowest BCUT2D eigenvalue weighted by Crippen LogP contribution is -2.57. The smallest absolute Gasteiger partial charge is 0.328 e. The van der Waals surface area contributed by atoms with Gasteiger partial charge in [0.15, 0.2) is 5.79 Å². The first-order chi connectivity index (χ1) is 15.8. The van der Waals surface area contributed by atoms with Crippen LogP contribution >= 0.6 is 11.8 Å². The Morgan fingerprint density at radius 3 is 2.38 bits per heavy atom. The van der Waals surface area contributed by atoms with Crippen molar-refractivity contribution in [3.63, 3.8) is 0 Å². The van der Waals surface area contributed by atoms with Gasteiger partial charge in [0.25, 0.3) is 0 Å². The van der Waals surface area contributed by atoms with Crippen LogP contribution in [0.1, 0.15) is 47.0 Å². The van der Waals surface area contributed by atoms with E-state index < -0.39 is 28.4 Å². The molecule has 0 aliphatic carbocycles. The fourth-order valence-corrected chi connectivity index (χ4v) is 3.65. The van der Waals surface area contributed by atoms with Crippen LogP contribution in [0.15, 0.2) is 12.2 Å². The van der Waals surface area contributed by atoms with E-state index in [2.05, 4.69) is 16.0 Å². The monoisotopic (exact) mass is 501 g/mol. The highest BCUT2D eigenvalue weighted by Gasteiger charge is 2.47. The Morgan fingerprint density at radius 1 is 1.03 bits per heavy atom. The molecule has 34 heavy (non-hydrogen) atoms. The summed E-state index contributed by atoms with van der Waals surface area (Å²) < 4.78 is 11.9. The van der Waals surface area contributed by atoms with E-state index in [1.165, 1.54) is 6.92 Å². The van der Waals surface area contributed by atoms with Crippen LogP contribution in [0.5, 0.6) is 0 Å². The third-order valence-electron chi connectivity index (χ3n) is 4.93. The number of hydrogen-bond donors (Lipinski definition) is 4. The summed E-state index contributed by atoms with van der Waals surface area (Å²) in [6.45, 7) is 8.10. The van der Waals surface area contributed by atoms with Crippen molar-refractivity contribution in [2.24, 2.45) is 5.41 Å². The topological polar surface area (TPSA) is 160 Å². The van der Waals surface area contributed by atoms with E-state index in [0.717, 1.165) is 23.9 Å². The van der Waals surface area contributed by atoms with Gasteiger partial charge < -0.3 is 30.5 Å². The van der Waals surface area contributed by atoms with E-state index >= 15 is 0 Å². The molecule has 1 aliphatic rings. The molecule has 1 saturated heterocycles. The average molecular weight is 502 g/mol. The molecule has 2 atom stereocenters. The lowest BCUT2D eigenvalue weighted by atomic mass is 9.85. The van der Waals surface area contributed by atoms with Crippen LogP contribution in [0.4, 0.5) is 0 Å². The predicted molar refractivity (Wildman–Crippen MR) is 126 cm³/mol. The third-order valence-corrected chi connectivity index (χ3v) is 5.76. The molecule has 1 unspecified atom stereocenters. The highest BCUT2D eigenvalue weighted by atomic mass is 32.2. The molecule has 1 heterocycles. The zero-order valence-corrected chi connectivity index (χ0v) is 20.9. The molecule has 11 nitrogen and oxygen atoms in total. The van der Waals surface area contributed by atoms with E-state index in [9.17, 15) is 24.0 Å². The summed E-state index contributed by atoms with van der Waals surface area (Å²) in [7, 11) is 0. The standard InChI is InChI=1S/C22H35N3O8S/c1-15(26)23-10-5-9-22(4)32-14-21(2,3)19(33-22)20(31)25-11-8-16(27)24-12-13-34-18(30)7-6-17(28)29/h6-7,19H,5,8-14H2,1-4H3,(H,23,26)(H,24,27)(H,25,31)(H,28,29)/b7-6+/t19-,22?/m0/s1. The Morgan fingerprint density at radius 2 is 1.74 bits per heavy atom. The molecule has 1 rings (SSSR count). The van der Waals surface area contributed by atoms with Crippen LogP contribution in [-0.4, -0.2) is 77.8 Å². The summed E-state index contributed by atoms with van der Waals surface area (Å²) in [5, 5.41) is 16.1. The zero-order valence-electron chi connectivity index (χ0n) is 20.1. The number of thioether (sulfide) groups is 1. The van der Waals surface area contributed by atoms with Gasteiger partial charge >= 0.3 is 5.97 Å². The van der Waals surface area contributed by atoms with Crippen molar-refractivity contribution in [1.82, 2.24) is 16.0 Å². The minimum absolute atomic E-state index is 0.0565. The summed E-state index contributed by atoms with van der Waals surface area (Å²) in [4.78, 5) is 57.5. The molecule has 0 saturated carbocycles. The molecule has 0 aromatic heterocycles. The Balaban J connectivity index is 2.38. The maximum absolute atomic E-state index is 12.8. The normalized spacial score (nSPS) is 21.6. The summed E-state index contributed by atoms with van der Waals surface area (Å²) >= 11 is 0.893. The summed E-state index contributed by atoms with van der Waals surface area (Å²) in [5.41, 5.74) is -0.567. The largest absolute Gasteiger partial charge is 0.478 e. The number of hydrogen-bond acceptors (Lipinski definition) is 8. The maximum Gasteiger partial charge on any atom is 0.328 e. The van der Waals surface area contributed by atoms with E-state index in [-0.39, 0.29) is 37.2 Å². The highest BCUT2D eigenvalue weighted by Crippen LogP contribution is 2.37. The van der Waals surface area contributed by atoms with Crippen molar-refractivity contribution in [1.29, 1.82) is 0 Å². The molecule has 0 aromatic rings. The number of carboxylic acids is 1. The number of carboxylic acid groups (broad SMARTS) is 1. The second kappa shape index (κ2) is 14.1. The van der Waals surface area contributed by atoms with Gasteiger partial charge in [0.2, 0.25) is 22.8 Å². The molecule has 3 amide bonds. The number of aliphatic carboxylic acids is 1. The number of ether oxygens (including phenoxy) is 2. The molecular formula is C22H35N3O8S. The first kappa shape index (κ1) is 29.6. The molecule has 0 radical (unpaired) electrons. The molecular weight excluding hydrogens is 466 g/mol. The average Bonchev–Trinajstić information content (AvgIpc) is 2.74. The van der Waals surface area contributed by atoms with Gasteiger partial charge in [-0.05, 0) is 19.4 Å². The summed E-state index contributed by atoms with van der Waals surface area (Å²) in [6, 6.07) is 0. The van der Waals surface area contributed by atoms with Gasteiger partial charge in [0, 0.05) is 56.6 Å². The van der Waals surface area contributed by atoms with Crippen molar-refractivity contribution < 1.29 is 38.6 Å². The van der Waals surface area contributed by atoms with Crippen LogP contribution in [0.2, 0.25) is 0 Å². The van der Waals surface area contributed by atoms with Crippen LogP contribution in [-0.2, 0) is 33.4 Å². The lowest BCUT2D eigenvalue weighted by molar-refractivity contribution is -0.315. The number of carbonyl (C=O) groups is 5. The summed E-state index contributed by atoms with van der Waals surface area (Å²) in [5.74, 6) is -2.60. The molecule has 0 spiro atoms. The SMILES string of the molecule is CC(=O)NCCCC1(C)OCC(C)(C)[C@H](C(=O)NCCC(=O)NCCSC(=O)/C=C/C(=O)O)O1. The second-order valence-corrected chi connectivity index (χ2v) is 9.82. The fourth-order valence-electron chi connectivity index (χ4n) is 3.08. The van der Waals surface area contributed by atoms with Gasteiger partial charge in [-0.15, -0.1) is 0 Å². The van der Waals surface area contributed by atoms with Gasteiger partial charge in [-0.3, -0.25) is 19.2 Å². The minimum Gasteiger partial charge on any atom is -0.478 e. The second-order valence-electron chi connectivity index (χ2n) is 8.73. The van der Waals surface area contributed by atoms with Gasteiger partial charge in [0.1, 0.15) is 6.10 Å². The van der Waals surface area contributed by atoms with Crippen LogP contribution in [0.3, 0.4) is 0 Å². The molecule has 12 heteroatoms. The fraction of sp³-hybridized carbons (Fsp3) is 0.682. The van der Waals surface area contributed by atoms with Crippen molar-refractivity contribution in [2.45, 2.75) is 58.8 Å². The summed E-state index contributed by atoms with van der Waals surface area (Å²) in [6.07, 6.45) is 2.14.